The van der Waals surface area contributed by atoms with Crippen molar-refractivity contribution in [2.75, 3.05) is 0 Å². The molecular weight excluding hydrogens is 220 g/mol. The van der Waals surface area contributed by atoms with Crippen LogP contribution >= 0.6 is 0 Å². The maximum atomic E-state index is 5.87. The van der Waals surface area contributed by atoms with E-state index in [1.54, 1.807) is 0 Å². The van der Waals surface area contributed by atoms with Crippen molar-refractivity contribution in [3.63, 3.8) is 0 Å². The number of hydrogen-bond acceptors (Lipinski definition) is 1. The molecule has 0 aromatic heterocycles. The predicted molar refractivity (Wildman–Crippen MR) is 76.4 cm³/mol. The van der Waals surface area contributed by atoms with Crippen molar-refractivity contribution in [1.82, 2.24) is 0 Å². The highest BCUT2D eigenvalue weighted by Crippen LogP contribution is 2.28. The van der Waals surface area contributed by atoms with Gasteiger partial charge < -0.3 is 4.74 Å². The summed E-state index contributed by atoms with van der Waals surface area (Å²) in [5.74, 6) is 1.78. The average Bonchev–Trinajstić information content (AvgIpc) is 2.31. The number of hydrogen-bond donors (Lipinski definition) is 0. The topological polar surface area (TPSA) is 9.23 Å². The van der Waals surface area contributed by atoms with Gasteiger partial charge >= 0.3 is 0 Å². The highest BCUT2D eigenvalue weighted by molar-refractivity contribution is 5.37. The summed E-state index contributed by atoms with van der Waals surface area (Å²) >= 11 is 0. The molecule has 0 N–H and O–H groups in total. The summed E-state index contributed by atoms with van der Waals surface area (Å²) in [5, 5.41) is 0. The second-order valence-corrected chi connectivity index (χ2v) is 5.69. The Labute approximate surface area is 109 Å². The van der Waals surface area contributed by atoms with Gasteiger partial charge in [-0.1, -0.05) is 50.6 Å². The highest BCUT2D eigenvalue weighted by Gasteiger charge is 2.13. The molecule has 0 aliphatic carbocycles. The molecule has 18 heavy (non-hydrogen) atoms. The molecule has 2 aromatic rings. The van der Waals surface area contributed by atoms with Crippen LogP contribution in [-0.4, -0.2) is 0 Å². The first kappa shape index (κ1) is 12.7. The molecule has 0 saturated carbocycles. The molecular formula is C17H20O. The normalized spacial score (nSPS) is 11.3. The predicted octanol–water partition coefficient (Wildman–Crippen LogP) is 5.08. The second-order valence-electron chi connectivity index (χ2n) is 5.69. The van der Waals surface area contributed by atoms with Crippen LogP contribution in [0.3, 0.4) is 0 Å². The molecule has 0 aliphatic heterocycles. The van der Waals surface area contributed by atoms with Gasteiger partial charge in [-0.15, -0.1) is 0 Å². The number of rotatable bonds is 2. The average molecular weight is 240 g/mol. The van der Waals surface area contributed by atoms with Crippen molar-refractivity contribution in [3.05, 3.63) is 59.7 Å². The number of aryl methyl sites for hydroxylation is 1. The minimum Gasteiger partial charge on any atom is -0.457 e. The Kier molecular flexibility index (Phi) is 3.42. The Morgan fingerprint density at radius 2 is 1.50 bits per heavy atom. The summed E-state index contributed by atoms with van der Waals surface area (Å²) in [6.45, 7) is 8.69. The van der Waals surface area contributed by atoms with Gasteiger partial charge in [0.1, 0.15) is 11.5 Å². The highest BCUT2D eigenvalue weighted by atomic mass is 16.5. The number of ether oxygens (including phenoxy) is 1. The first-order chi connectivity index (χ1) is 8.45. The third-order valence-corrected chi connectivity index (χ3v) is 2.96. The Hall–Kier alpha value is -1.76. The monoisotopic (exact) mass is 240 g/mol. The molecule has 0 amide bonds. The van der Waals surface area contributed by atoms with Gasteiger partial charge in [-0.25, -0.2) is 0 Å². The molecule has 94 valence electrons. The molecule has 1 heteroatoms. The summed E-state index contributed by atoms with van der Waals surface area (Å²) in [6.07, 6.45) is 0. The van der Waals surface area contributed by atoms with Crippen molar-refractivity contribution in [3.8, 4) is 11.5 Å². The molecule has 2 aromatic carbocycles. The van der Waals surface area contributed by atoms with Gasteiger partial charge in [0.15, 0.2) is 0 Å². The molecule has 0 fully saturated rings. The van der Waals surface area contributed by atoms with Gasteiger partial charge in [-0.3, -0.25) is 0 Å². The maximum absolute atomic E-state index is 5.87. The summed E-state index contributed by atoms with van der Waals surface area (Å²) in [5.41, 5.74) is 2.67. The van der Waals surface area contributed by atoms with Gasteiger partial charge in [-0.05, 0) is 42.2 Å². The Morgan fingerprint density at radius 3 is 2.11 bits per heavy atom. The zero-order chi connectivity index (χ0) is 13.2. The van der Waals surface area contributed by atoms with Crippen LogP contribution in [0.1, 0.15) is 31.9 Å². The first-order valence-electron chi connectivity index (χ1n) is 6.30. The van der Waals surface area contributed by atoms with Crippen LogP contribution in [0.15, 0.2) is 48.5 Å². The van der Waals surface area contributed by atoms with E-state index in [4.69, 9.17) is 4.74 Å². The van der Waals surface area contributed by atoms with Crippen LogP contribution in [-0.2, 0) is 5.41 Å². The van der Waals surface area contributed by atoms with E-state index in [-0.39, 0.29) is 5.41 Å². The fourth-order valence-electron chi connectivity index (χ4n) is 1.77. The molecule has 0 aliphatic rings. The quantitative estimate of drug-likeness (QED) is 0.711. The maximum Gasteiger partial charge on any atom is 0.127 e. The third-order valence-electron chi connectivity index (χ3n) is 2.96. The lowest BCUT2D eigenvalue weighted by atomic mass is 9.87. The molecule has 0 saturated heterocycles. The lowest BCUT2D eigenvalue weighted by molar-refractivity contribution is 0.478. The molecule has 0 heterocycles. The van der Waals surface area contributed by atoms with E-state index in [2.05, 4.69) is 52.0 Å². The molecule has 1 nitrogen and oxygen atoms in total. The zero-order valence-corrected chi connectivity index (χ0v) is 11.5. The molecule has 0 unspecified atom stereocenters. The van der Waals surface area contributed by atoms with Crippen LogP contribution in [0.25, 0.3) is 0 Å². The second kappa shape index (κ2) is 4.85. The van der Waals surface area contributed by atoms with Crippen LogP contribution in [0, 0.1) is 6.92 Å². The van der Waals surface area contributed by atoms with E-state index in [9.17, 15) is 0 Å². The van der Waals surface area contributed by atoms with Crippen molar-refractivity contribution in [1.29, 1.82) is 0 Å². The van der Waals surface area contributed by atoms with E-state index in [0.717, 1.165) is 11.5 Å². The van der Waals surface area contributed by atoms with Gasteiger partial charge in [0.2, 0.25) is 0 Å². The smallest absolute Gasteiger partial charge is 0.127 e. The number of benzene rings is 2. The summed E-state index contributed by atoms with van der Waals surface area (Å²) in [6, 6.07) is 16.4. The Balaban J connectivity index is 2.22. The van der Waals surface area contributed by atoms with Crippen LogP contribution in [0.4, 0.5) is 0 Å². The first-order valence-corrected chi connectivity index (χ1v) is 6.30. The summed E-state index contributed by atoms with van der Waals surface area (Å²) in [4.78, 5) is 0. The van der Waals surface area contributed by atoms with Crippen LogP contribution < -0.4 is 4.74 Å². The van der Waals surface area contributed by atoms with Crippen LogP contribution in [0.5, 0.6) is 11.5 Å². The molecule has 0 spiro atoms. The zero-order valence-electron chi connectivity index (χ0n) is 11.5. The van der Waals surface area contributed by atoms with E-state index in [1.807, 2.05) is 24.3 Å². The van der Waals surface area contributed by atoms with E-state index in [1.165, 1.54) is 11.1 Å². The molecule has 0 radical (unpaired) electrons. The van der Waals surface area contributed by atoms with Gasteiger partial charge in [-0.2, -0.15) is 0 Å². The SMILES string of the molecule is Cc1ccc(Oc2cccc(C(C)(C)C)c2)cc1. The van der Waals surface area contributed by atoms with Gasteiger partial charge in [0.25, 0.3) is 0 Å². The Morgan fingerprint density at radius 1 is 0.833 bits per heavy atom. The van der Waals surface area contributed by atoms with Crippen molar-refractivity contribution in [2.24, 2.45) is 0 Å². The summed E-state index contributed by atoms with van der Waals surface area (Å²) < 4.78 is 5.87. The minimum absolute atomic E-state index is 0.145. The van der Waals surface area contributed by atoms with E-state index >= 15 is 0 Å². The van der Waals surface area contributed by atoms with E-state index in [0.29, 0.717) is 0 Å². The summed E-state index contributed by atoms with van der Waals surface area (Å²) in [7, 11) is 0. The largest absolute Gasteiger partial charge is 0.457 e. The third kappa shape index (κ3) is 3.13. The van der Waals surface area contributed by atoms with Crippen LogP contribution in [0.2, 0.25) is 0 Å². The van der Waals surface area contributed by atoms with Gasteiger partial charge in [0.05, 0.1) is 0 Å². The fraction of sp³-hybridized carbons (Fsp3) is 0.294. The lowest BCUT2D eigenvalue weighted by Gasteiger charge is -2.19. The minimum atomic E-state index is 0.145. The molecule has 0 atom stereocenters. The molecule has 2 rings (SSSR count). The lowest BCUT2D eigenvalue weighted by Crippen LogP contribution is -2.10. The fourth-order valence-corrected chi connectivity index (χ4v) is 1.77. The molecule has 0 bridgehead atoms. The standard InChI is InChI=1S/C17H20O/c1-13-8-10-15(11-9-13)18-16-7-5-6-14(12-16)17(2,3)4/h5-12H,1-4H3. The van der Waals surface area contributed by atoms with Crippen molar-refractivity contribution >= 4 is 0 Å². The van der Waals surface area contributed by atoms with Gasteiger partial charge in [0, 0.05) is 0 Å². The van der Waals surface area contributed by atoms with E-state index < -0.39 is 0 Å². The Bertz CT molecular complexity index is 518. The van der Waals surface area contributed by atoms with Crippen molar-refractivity contribution < 1.29 is 4.74 Å². The van der Waals surface area contributed by atoms with Crippen molar-refractivity contribution in [2.45, 2.75) is 33.1 Å².